The van der Waals surface area contributed by atoms with Crippen molar-refractivity contribution in [2.24, 2.45) is 0 Å². The topological polar surface area (TPSA) is 55.8 Å². The first-order chi connectivity index (χ1) is 10.7. The van der Waals surface area contributed by atoms with Gasteiger partial charge in [-0.2, -0.15) is 0 Å². The van der Waals surface area contributed by atoms with Gasteiger partial charge >= 0.3 is 6.03 Å². The molecule has 1 heterocycles. The van der Waals surface area contributed by atoms with E-state index in [1.54, 1.807) is 4.90 Å². The van der Waals surface area contributed by atoms with Gasteiger partial charge in [0.2, 0.25) is 0 Å². The Kier molecular flexibility index (Phi) is 4.74. The molecule has 0 spiro atoms. The number of carbonyl (C=O) groups excluding carboxylic acids is 1. The lowest BCUT2D eigenvalue weighted by atomic mass is 10.2. The summed E-state index contributed by atoms with van der Waals surface area (Å²) in [6, 6.07) is 8.22. The normalized spacial score (nSPS) is 21.0. The first-order valence-electron chi connectivity index (χ1n) is 7.86. The molecule has 1 unspecified atom stereocenters. The van der Waals surface area contributed by atoms with Gasteiger partial charge in [-0.05, 0) is 37.5 Å². The van der Waals surface area contributed by atoms with E-state index in [2.05, 4.69) is 10.2 Å². The molecule has 22 heavy (non-hydrogen) atoms. The molecule has 0 radical (unpaired) electrons. The van der Waals surface area contributed by atoms with Crippen LogP contribution in [0.1, 0.15) is 19.3 Å². The van der Waals surface area contributed by atoms with Crippen molar-refractivity contribution in [2.45, 2.75) is 31.3 Å². The Morgan fingerprint density at radius 1 is 1.41 bits per heavy atom. The molecule has 1 aromatic rings. The third kappa shape index (κ3) is 3.65. The van der Waals surface area contributed by atoms with Gasteiger partial charge in [0.25, 0.3) is 0 Å². The van der Waals surface area contributed by atoms with Crippen LogP contribution in [0.2, 0.25) is 5.02 Å². The lowest BCUT2D eigenvalue weighted by Crippen LogP contribution is -2.47. The van der Waals surface area contributed by atoms with Gasteiger partial charge in [-0.25, -0.2) is 4.79 Å². The van der Waals surface area contributed by atoms with Crippen molar-refractivity contribution in [1.82, 2.24) is 10.2 Å². The summed E-state index contributed by atoms with van der Waals surface area (Å²) in [7, 11) is 0. The quantitative estimate of drug-likeness (QED) is 0.872. The SMILES string of the molecule is O=C(NC1CCN(c2cccc(Cl)c2)C1)N(CCO)C1CC1. The van der Waals surface area contributed by atoms with Crippen LogP contribution in [-0.4, -0.2) is 54.4 Å². The van der Waals surface area contributed by atoms with Crippen LogP contribution in [0, 0.1) is 0 Å². The van der Waals surface area contributed by atoms with E-state index in [4.69, 9.17) is 16.7 Å². The third-order valence-electron chi connectivity index (χ3n) is 4.28. The summed E-state index contributed by atoms with van der Waals surface area (Å²) in [5.74, 6) is 0. The lowest BCUT2D eigenvalue weighted by Gasteiger charge is -2.24. The highest BCUT2D eigenvalue weighted by Gasteiger charge is 2.34. The van der Waals surface area contributed by atoms with Gasteiger partial charge in [-0.3, -0.25) is 0 Å². The number of aliphatic hydroxyl groups excluding tert-OH is 1. The summed E-state index contributed by atoms with van der Waals surface area (Å²) in [6.45, 7) is 2.14. The van der Waals surface area contributed by atoms with Gasteiger partial charge in [0.05, 0.1) is 6.61 Å². The van der Waals surface area contributed by atoms with Crippen molar-refractivity contribution in [3.05, 3.63) is 29.3 Å². The summed E-state index contributed by atoms with van der Waals surface area (Å²) in [6.07, 6.45) is 3.02. The van der Waals surface area contributed by atoms with Gasteiger partial charge in [0, 0.05) is 42.4 Å². The first-order valence-corrected chi connectivity index (χ1v) is 8.23. The van der Waals surface area contributed by atoms with Gasteiger partial charge in [-0.15, -0.1) is 0 Å². The fraction of sp³-hybridized carbons (Fsp3) is 0.562. The Labute approximate surface area is 135 Å². The number of halogens is 1. The Bertz CT molecular complexity index is 536. The molecule has 1 atom stereocenters. The zero-order valence-corrected chi connectivity index (χ0v) is 13.3. The average molecular weight is 324 g/mol. The summed E-state index contributed by atoms with van der Waals surface area (Å²) in [5.41, 5.74) is 1.10. The van der Waals surface area contributed by atoms with Crippen LogP contribution in [0.4, 0.5) is 10.5 Å². The van der Waals surface area contributed by atoms with Crippen LogP contribution in [0.25, 0.3) is 0 Å². The summed E-state index contributed by atoms with van der Waals surface area (Å²) >= 11 is 6.04. The van der Waals surface area contributed by atoms with Crippen molar-refractivity contribution >= 4 is 23.3 Å². The van der Waals surface area contributed by atoms with Crippen LogP contribution in [-0.2, 0) is 0 Å². The van der Waals surface area contributed by atoms with Gasteiger partial charge in [0.1, 0.15) is 0 Å². The Morgan fingerprint density at radius 2 is 2.23 bits per heavy atom. The van der Waals surface area contributed by atoms with E-state index in [0.717, 1.165) is 43.1 Å². The fourth-order valence-corrected chi connectivity index (χ4v) is 3.17. The zero-order valence-electron chi connectivity index (χ0n) is 12.5. The predicted molar refractivity (Wildman–Crippen MR) is 87.4 cm³/mol. The van der Waals surface area contributed by atoms with Crippen molar-refractivity contribution in [3.8, 4) is 0 Å². The number of hydrogen-bond donors (Lipinski definition) is 2. The molecule has 1 saturated heterocycles. The van der Waals surface area contributed by atoms with Crippen molar-refractivity contribution in [2.75, 3.05) is 31.1 Å². The maximum absolute atomic E-state index is 12.3. The van der Waals surface area contributed by atoms with E-state index >= 15 is 0 Å². The van der Waals surface area contributed by atoms with E-state index in [9.17, 15) is 4.79 Å². The number of benzene rings is 1. The second-order valence-corrected chi connectivity index (χ2v) is 6.45. The lowest BCUT2D eigenvalue weighted by molar-refractivity contribution is 0.171. The molecular weight excluding hydrogens is 302 g/mol. The predicted octanol–water partition coefficient (Wildman–Crippen LogP) is 2.08. The minimum Gasteiger partial charge on any atom is -0.395 e. The molecule has 1 aliphatic carbocycles. The number of carbonyl (C=O) groups is 1. The fourth-order valence-electron chi connectivity index (χ4n) is 2.99. The highest BCUT2D eigenvalue weighted by Crippen LogP contribution is 2.27. The van der Waals surface area contributed by atoms with Crippen molar-refractivity contribution in [3.63, 3.8) is 0 Å². The van der Waals surface area contributed by atoms with E-state index in [1.165, 1.54) is 0 Å². The summed E-state index contributed by atoms with van der Waals surface area (Å²) in [5, 5.41) is 12.9. The molecule has 0 bridgehead atoms. The molecule has 120 valence electrons. The number of rotatable bonds is 5. The van der Waals surface area contributed by atoms with Crippen LogP contribution < -0.4 is 10.2 Å². The Balaban J connectivity index is 1.55. The van der Waals surface area contributed by atoms with Crippen molar-refractivity contribution in [1.29, 1.82) is 0 Å². The van der Waals surface area contributed by atoms with E-state index in [-0.39, 0.29) is 18.7 Å². The number of amides is 2. The number of aliphatic hydroxyl groups is 1. The van der Waals surface area contributed by atoms with E-state index < -0.39 is 0 Å². The second kappa shape index (κ2) is 6.75. The molecule has 2 amide bonds. The average Bonchev–Trinajstić information content (AvgIpc) is 3.23. The standard InChI is InChI=1S/C16H22ClN3O2/c17-12-2-1-3-15(10-12)19-7-6-13(11-19)18-16(22)20(8-9-21)14-4-5-14/h1-3,10,13-14,21H,4-9,11H2,(H,18,22). The molecule has 1 saturated carbocycles. The first kappa shape index (κ1) is 15.4. The highest BCUT2D eigenvalue weighted by molar-refractivity contribution is 6.30. The molecule has 3 rings (SSSR count). The van der Waals surface area contributed by atoms with Gasteiger partial charge in [-0.1, -0.05) is 17.7 Å². The molecular formula is C16H22ClN3O2. The molecule has 2 fully saturated rings. The molecule has 2 aliphatic rings. The number of hydrogen-bond acceptors (Lipinski definition) is 3. The zero-order chi connectivity index (χ0) is 15.5. The van der Waals surface area contributed by atoms with Crippen molar-refractivity contribution < 1.29 is 9.90 Å². The number of anilines is 1. The van der Waals surface area contributed by atoms with Crippen LogP contribution in [0.15, 0.2) is 24.3 Å². The molecule has 6 heteroatoms. The maximum atomic E-state index is 12.3. The summed E-state index contributed by atoms with van der Waals surface area (Å²) < 4.78 is 0. The molecule has 0 aromatic heterocycles. The highest BCUT2D eigenvalue weighted by atomic mass is 35.5. The second-order valence-electron chi connectivity index (χ2n) is 6.01. The largest absolute Gasteiger partial charge is 0.395 e. The Hall–Kier alpha value is -1.46. The molecule has 1 aliphatic heterocycles. The molecule has 5 nitrogen and oxygen atoms in total. The number of urea groups is 1. The number of nitrogens with zero attached hydrogens (tertiary/aromatic N) is 2. The van der Waals surface area contributed by atoms with E-state index in [1.807, 2.05) is 24.3 Å². The smallest absolute Gasteiger partial charge is 0.318 e. The number of nitrogens with one attached hydrogen (secondary N) is 1. The molecule has 1 aromatic carbocycles. The van der Waals surface area contributed by atoms with Crippen LogP contribution in [0.3, 0.4) is 0 Å². The monoisotopic (exact) mass is 323 g/mol. The minimum absolute atomic E-state index is 0.0171. The van der Waals surface area contributed by atoms with Gasteiger partial charge < -0.3 is 20.2 Å². The molecule has 2 N–H and O–H groups in total. The third-order valence-corrected chi connectivity index (χ3v) is 4.51. The van der Waals surface area contributed by atoms with Crippen LogP contribution in [0.5, 0.6) is 0 Å². The Morgan fingerprint density at radius 3 is 2.91 bits per heavy atom. The van der Waals surface area contributed by atoms with E-state index in [0.29, 0.717) is 12.6 Å². The van der Waals surface area contributed by atoms with Crippen LogP contribution >= 0.6 is 11.6 Å². The maximum Gasteiger partial charge on any atom is 0.318 e. The summed E-state index contributed by atoms with van der Waals surface area (Å²) in [4.78, 5) is 16.3. The van der Waals surface area contributed by atoms with Gasteiger partial charge in [0.15, 0.2) is 0 Å². The minimum atomic E-state index is -0.0468.